The summed E-state index contributed by atoms with van der Waals surface area (Å²) in [4.78, 5) is 3.69. The molecule has 1 aliphatic rings. The fourth-order valence-electron chi connectivity index (χ4n) is 3.07. The van der Waals surface area contributed by atoms with E-state index in [1.807, 2.05) is 19.9 Å². The molecule has 3 heterocycles. The van der Waals surface area contributed by atoms with E-state index in [1.165, 1.54) is 0 Å². The summed E-state index contributed by atoms with van der Waals surface area (Å²) in [5, 5.41) is 3.92. The van der Waals surface area contributed by atoms with Crippen LogP contribution in [0.3, 0.4) is 0 Å². The van der Waals surface area contributed by atoms with E-state index < -0.39 is 11.7 Å². The third kappa shape index (κ3) is 4.62. The summed E-state index contributed by atoms with van der Waals surface area (Å²) in [6.07, 6.45) is 0.205. The maximum Gasteiger partial charge on any atom is 0.417 e. The van der Waals surface area contributed by atoms with Crippen LogP contribution < -0.4 is 5.43 Å². The lowest BCUT2D eigenvalue weighted by atomic mass is 10.2. The van der Waals surface area contributed by atoms with Crippen molar-refractivity contribution in [3.8, 4) is 0 Å². The summed E-state index contributed by atoms with van der Waals surface area (Å²) >= 11 is 5.86. The van der Waals surface area contributed by atoms with Gasteiger partial charge in [-0.15, -0.1) is 0 Å². The number of hydrogen-bond acceptors (Lipinski definition) is 4. The zero-order valence-corrected chi connectivity index (χ0v) is 15.7. The molecular formula is C18H20ClF3N4O. The number of ether oxygens (including phenoxy) is 1. The molecule has 5 nitrogen and oxygen atoms in total. The second-order valence-electron chi connectivity index (χ2n) is 6.49. The van der Waals surface area contributed by atoms with Crippen molar-refractivity contribution in [2.75, 3.05) is 12.0 Å². The number of hydrazone groups is 1. The molecule has 1 aliphatic heterocycles. The number of rotatable bonds is 5. The molecule has 27 heavy (non-hydrogen) atoms. The SMILES string of the molecule is Cc1cc(/C=N\Nc2ncc(C(F)(F)F)cc2Cl)c(C)n1C[C@@H]1CCCO1. The maximum atomic E-state index is 12.6. The summed E-state index contributed by atoms with van der Waals surface area (Å²) in [5.74, 6) is 0.0640. The molecule has 0 spiro atoms. The van der Waals surface area contributed by atoms with E-state index in [4.69, 9.17) is 16.3 Å². The second-order valence-corrected chi connectivity index (χ2v) is 6.90. The van der Waals surface area contributed by atoms with Gasteiger partial charge in [0.15, 0.2) is 5.82 Å². The Morgan fingerprint density at radius 3 is 2.81 bits per heavy atom. The van der Waals surface area contributed by atoms with Crippen LogP contribution in [0, 0.1) is 13.8 Å². The molecule has 1 N–H and O–H groups in total. The Labute approximate surface area is 160 Å². The number of nitrogens with one attached hydrogen (secondary N) is 1. The van der Waals surface area contributed by atoms with Gasteiger partial charge < -0.3 is 9.30 Å². The normalized spacial score (nSPS) is 17.8. The summed E-state index contributed by atoms with van der Waals surface area (Å²) < 4.78 is 45.8. The van der Waals surface area contributed by atoms with Gasteiger partial charge in [-0.05, 0) is 38.8 Å². The Morgan fingerprint density at radius 2 is 2.19 bits per heavy atom. The molecule has 0 saturated carbocycles. The minimum atomic E-state index is -4.49. The number of halogens is 4. The number of pyridine rings is 1. The largest absolute Gasteiger partial charge is 0.417 e. The van der Waals surface area contributed by atoms with Crippen LogP contribution in [0.5, 0.6) is 0 Å². The topological polar surface area (TPSA) is 51.4 Å². The number of aromatic nitrogens is 2. The Kier molecular flexibility index (Phi) is 5.76. The molecule has 146 valence electrons. The predicted octanol–water partition coefficient (Wildman–Crippen LogP) is 4.80. The minimum Gasteiger partial charge on any atom is -0.376 e. The summed E-state index contributed by atoms with van der Waals surface area (Å²) in [5.41, 5.74) is 4.73. The van der Waals surface area contributed by atoms with Crippen molar-refractivity contribution in [3.05, 3.63) is 45.9 Å². The average molecular weight is 401 g/mol. The highest BCUT2D eigenvalue weighted by Gasteiger charge is 2.31. The number of hydrogen-bond donors (Lipinski definition) is 1. The zero-order chi connectivity index (χ0) is 19.6. The lowest BCUT2D eigenvalue weighted by Crippen LogP contribution is -2.16. The molecule has 9 heteroatoms. The second kappa shape index (κ2) is 7.90. The number of nitrogens with zero attached hydrogens (tertiary/aromatic N) is 3. The number of anilines is 1. The van der Waals surface area contributed by atoms with E-state index in [2.05, 4.69) is 20.1 Å². The predicted molar refractivity (Wildman–Crippen MR) is 98.3 cm³/mol. The van der Waals surface area contributed by atoms with E-state index in [0.717, 1.165) is 55.2 Å². The Bertz CT molecular complexity index is 842. The van der Waals surface area contributed by atoms with Gasteiger partial charge in [-0.1, -0.05) is 11.6 Å². The molecule has 0 bridgehead atoms. The van der Waals surface area contributed by atoms with Gasteiger partial charge in [0.1, 0.15) is 0 Å². The molecule has 1 atom stereocenters. The van der Waals surface area contributed by atoms with Gasteiger partial charge in [0.05, 0.1) is 22.9 Å². The molecule has 1 saturated heterocycles. The molecule has 0 unspecified atom stereocenters. The van der Waals surface area contributed by atoms with Gasteiger partial charge in [-0.2, -0.15) is 18.3 Å². The van der Waals surface area contributed by atoms with Crippen LogP contribution in [0.4, 0.5) is 19.0 Å². The molecule has 2 aromatic heterocycles. The van der Waals surface area contributed by atoms with Crippen LogP contribution in [-0.4, -0.2) is 28.5 Å². The van der Waals surface area contributed by atoms with Gasteiger partial charge >= 0.3 is 6.18 Å². The van der Waals surface area contributed by atoms with E-state index in [0.29, 0.717) is 0 Å². The van der Waals surface area contributed by atoms with Gasteiger partial charge in [0.2, 0.25) is 0 Å². The highest BCUT2D eigenvalue weighted by molar-refractivity contribution is 6.32. The smallest absolute Gasteiger partial charge is 0.376 e. The molecular weight excluding hydrogens is 381 g/mol. The van der Waals surface area contributed by atoms with Crippen LogP contribution >= 0.6 is 11.6 Å². The van der Waals surface area contributed by atoms with Gasteiger partial charge in [0.25, 0.3) is 0 Å². The Morgan fingerprint density at radius 1 is 1.41 bits per heavy atom. The van der Waals surface area contributed by atoms with Gasteiger partial charge in [-0.25, -0.2) is 4.98 Å². The molecule has 0 radical (unpaired) electrons. The summed E-state index contributed by atoms with van der Waals surface area (Å²) in [6.45, 7) is 5.61. The zero-order valence-electron chi connectivity index (χ0n) is 15.0. The number of alkyl halides is 3. The van der Waals surface area contributed by atoms with Crippen LogP contribution in [0.15, 0.2) is 23.4 Å². The molecule has 0 amide bonds. The molecule has 0 aromatic carbocycles. The van der Waals surface area contributed by atoms with Crippen LogP contribution in [0.25, 0.3) is 0 Å². The number of aryl methyl sites for hydroxylation is 1. The van der Waals surface area contributed by atoms with Crippen molar-refractivity contribution in [3.63, 3.8) is 0 Å². The van der Waals surface area contributed by atoms with Crippen molar-refractivity contribution in [2.24, 2.45) is 5.10 Å². The van der Waals surface area contributed by atoms with E-state index in [1.54, 1.807) is 6.21 Å². The van der Waals surface area contributed by atoms with Crippen molar-refractivity contribution in [1.29, 1.82) is 0 Å². The average Bonchev–Trinajstić information content (AvgIpc) is 3.19. The maximum absolute atomic E-state index is 12.6. The lowest BCUT2D eigenvalue weighted by Gasteiger charge is -2.14. The van der Waals surface area contributed by atoms with Crippen LogP contribution in [-0.2, 0) is 17.5 Å². The highest BCUT2D eigenvalue weighted by atomic mass is 35.5. The van der Waals surface area contributed by atoms with E-state index in [9.17, 15) is 13.2 Å². The van der Waals surface area contributed by atoms with Gasteiger partial charge in [-0.3, -0.25) is 5.43 Å². The molecule has 2 aromatic rings. The quantitative estimate of drug-likeness (QED) is 0.579. The fourth-order valence-corrected chi connectivity index (χ4v) is 3.28. The summed E-state index contributed by atoms with van der Waals surface area (Å²) in [6, 6.07) is 2.82. The van der Waals surface area contributed by atoms with Crippen molar-refractivity contribution in [2.45, 2.75) is 45.5 Å². The van der Waals surface area contributed by atoms with Crippen LogP contribution in [0.1, 0.15) is 35.4 Å². The first-order chi connectivity index (χ1) is 12.8. The van der Waals surface area contributed by atoms with Crippen LogP contribution in [0.2, 0.25) is 5.02 Å². The highest BCUT2D eigenvalue weighted by Crippen LogP contribution is 2.32. The molecule has 0 aliphatic carbocycles. The minimum absolute atomic E-state index is 0.0640. The molecule has 3 rings (SSSR count). The lowest BCUT2D eigenvalue weighted by molar-refractivity contribution is -0.137. The first-order valence-electron chi connectivity index (χ1n) is 8.56. The fraction of sp³-hybridized carbons (Fsp3) is 0.444. The van der Waals surface area contributed by atoms with E-state index in [-0.39, 0.29) is 16.9 Å². The summed E-state index contributed by atoms with van der Waals surface area (Å²) in [7, 11) is 0. The van der Waals surface area contributed by atoms with Gasteiger partial charge in [0, 0.05) is 36.3 Å². The third-order valence-corrected chi connectivity index (χ3v) is 4.85. The first-order valence-corrected chi connectivity index (χ1v) is 8.93. The first kappa shape index (κ1) is 19.7. The Balaban J connectivity index is 1.70. The third-order valence-electron chi connectivity index (χ3n) is 4.57. The Hall–Kier alpha value is -2.06. The standard InChI is InChI=1S/C18H20ClF3N4O/c1-11-6-13(12(2)26(11)10-15-4-3-5-27-15)8-24-25-17-16(19)7-14(9-23-17)18(20,21)22/h6-9,15H,3-5,10H2,1-2H3,(H,23,25)/b24-8-/t15-/m0/s1. The van der Waals surface area contributed by atoms with Crippen molar-refractivity contribution in [1.82, 2.24) is 9.55 Å². The van der Waals surface area contributed by atoms with E-state index >= 15 is 0 Å². The van der Waals surface area contributed by atoms with Crippen molar-refractivity contribution >= 4 is 23.6 Å². The monoisotopic (exact) mass is 400 g/mol. The van der Waals surface area contributed by atoms with Crippen molar-refractivity contribution < 1.29 is 17.9 Å². The molecule has 1 fully saturated rings.